The number of esters is 1. The van der Waals surface area contributed by atoms with Crippen LogP contribution in [0.25, 0.3) is 0 Å². The predicted octanol–water partition coefficient (Wildman–Crippen LogP) is 1.67. The van der Waals surface area contributed by atoms with Crippen molar-refractivity contribution in [3.8, 4) is 0 Å². The first-order chi connectivity index (χ1) is 11.7. The lowest BCUT2D eigenvalue weighted by Crippen LogP contribution is -2.38. The molecule has 0 radical (unpaired) electrons. The van der Waals surface area contributed by atoms with E-state index in [2.05, 4.69) is 20.6 Å². The predicted molar refractivity (Wildman–Crippen MR) is 89.9 cm³/mol. The highest BCUT2D eigenvalue weighted by Crippen LogP contribution is 2.26. The number of hydrazone groups is 1. The summed E-state index contributed by atoms with van der Waals surface area (Å²) in [6.45, 7) is 1.98. The Morgan fingerprint density at radius 1 is 1.38 bits per heavy atom. The van der Waals surface area contributed by atoms with Crippen molar-refractivity contribution >= 4 is 39.7 Å². The lowest BCUT2D eigenvalue weighted by Gasteiger charge is -2.22. The number of para-hydroxylation sites is 1. The van der Waals surface area contributed by atoms with Gasteiger partial charge in [-0.3, -0.25) is 15.1 Å². The first-order valence-electron chi connectivity index (χ1n) is 7.35. The minimum Gasteiger partial charge on any atom is -0.461 e. The zero-order valence-electron chi connectivity index (χ0n) is 12.9. The molecule has 9 heteroatoms. The summed E-state index contributed by atoms with van der Waals surface area (Å²) in [6, 6.07) is 8.54. The molecule has 3 rings (SSSR count). The molecule has 8 nitrogen and oxygen atoms in total. The van der Waals surface area contributed by atoms with Crippen molar-refractivity contribution in [3.63, 3.8) is 0 Å². The van der Waals surface area contributed by atoms with Gasteiger partial charge < -0.3 is 4.74 Å². The van der Waals surface area contributed by atoms with Crippen molar-refractivity contribution in [1.29, 1.82) is 0 Å². The monoisotopic (exact) mass is 345 g/mol. The fourth-order valence-electron chi connectivity index (χ4n) is 2.29. The number of aromatic nitrogens is 2. The second-order valence-electron chi connectivity index (χ2n) is 4.90. The van der Waals surface area contributed by atoms with Crippen LogP contribution in [-0.2, 0) is 14.3 Å². The van der Waals surface area contributed by atoms with Crippen LogP contribution in [0.2, 0.25) is 0 Å². The van der Waals surface area contributed by atoms with Crippen LogP contribution in [0.15, 0.2) is 40.9 Å². The van der Waals surface area contributed by atoms with Crippen molar-refractivity contribution in [2.45, 2.75) is 19.4 Å². The Bertz CT molecular complexity index is 748. The average molecular weight is 345 g/mol. The third-order valence-corrected chi connectivity index (χ3v) is 3.94. The van der Waals surface area contributed by atoms with Crippen LogP contribution in [0.3, 0.4) is 0 Å². The van der Waals surface area contributed by atoms with Crippen molar-refractivity contribution < 1.29 is 14.3 Å². The Morgan fingerprint density at radius 3 is 2.83 bits per heavy atom. The van der Waals surface area contributed by atoms with E-state index >= 15 is 0 Å². The highest BCUT2D eigenvalue weighted by Gasteiger charge is 2.37. The number of nitrogens with zero attached hydrogens (tertiary/aromatic N) is 4. The van der Waals surface area contributed by atoms with Gasteiger partial charge in [-0.25, -0.2) is 4.79 Å². The molecule has 0 fully saturated rings. The van der Waals surface area contributed by atoms with Gasteiger partial charge in [0.2, 0.25) is 5.13 Å². The van der Waals surface area contributed by atoms with Gasteiger partial charge in [-0.2, -0.15) is 5.10 Å². The summed E-state index contributed by atoms with van der Waals surface area (Å²) in [5, 5.41) is 16.4. The third-order valence-electron chi connectivity index (χ3n) is 3.33. The van der Waals surface area contributed by atoms with Crippen molar-refractivity contribution in [2.24, 2.45) is 5.10 Å². The molecule has 1 aliphatic rings. The molecule has 1 N–H and O–H groups in total. The van der Waals surface area contributed by atoms with E-state index in [1.54, 1.807) is 6.92 Å². The zero-order chi connectivity index (χ0) is 16.9. The molecular weight excluding hydrogens is 330 g/mol. The number of benzene rings is 1. The molecule has 2 aromatic rings. The van der Waals surface area contributed by atoms with Crippen LogP contribution in [0.1, 0.15) is 13.3 Å². The topological polar surface area (TPSA) is 96.8 Å². The molecule has 0 saturated heterocycles. The highest BCUT2D eigenvalue weighted by molar-refractivity contribution is 7.13. The number of ether oxygens (including phenoxy) is 1. The molecule has 2 heterocycles. The lowest BCUT2D eigenvalue weighted by atomic mass is 10.1. The summed E-state index contributed by atoms with van der Waals surface area (Å²) in [5.41, 5.74) is 2.46. The Hall–Kier alpha value is -2.81. The quantitative estimate of drug-likeness (QED) is 0.828. The molecule has 0 unspecified atom stereocenters. The fourth-order valence-corrected chi connectivity index (χ4v) is 2.74. The molecule has 1 amide bonds. The van der Waals surface area contributed by atoms with Crippen molar-refractivity contribution in [2.75, 3.05) is 16.9 Å². The van der Waals surface area contributed by atoms with E-state index in [9.17, 15) is 9.59 Å². The molecule has 1 aromatic carbocycles. The summed E-state index contributed by atoms with van der Waals surface area (Å²) in [5.74, 6) is -0.816. The first kappa shape index (κ1) is 16.1. The molecule has 0 bridgehead atoms. The molecule has 1 atom stereocenters. The van der Waals surface area contributed by atoms with Gasteiger partial charge >= 0.3 is 5.97 Å². The fraction of sp³-hybridized carbons (Fsp3) is 0.267. The maximum Gasteiger partial charge on any atom is 0.354 e. The van der Waals surface area contributed by atoms with E-state index in [1.165, 1.54) is 21.9 Å². The van der Waals surface area contributed by atoms with E-state index in [0.717, 1.165) is 0 Å². The summed E-state index contributed by atoms with van der Waals surface area (Å²) in [4.78, 5) is 24.6. The Labute approximate surface area is 142 Å². The van der Waals surface area contributed by atoms with Crippen LogP contribution in [-0.4, -0.2) is 40.4 Å². The average Bonchev–Trinajstić information content (AvgIpc) is 3.25. The Balaban J connectivity index is 1.84. The second kappa shape index (κ2) is 7.18. The third kappa shape index (κ3) is 3.40. The SMILES string of the molecule is CCOC(=O)C1=NN(c2ccccc2)[C@@H](C(=O)Nc2nncs2)C1. The van der Waals surface area contributed by atoms with E-state index < -0.39 is 12.0 Å². The minimum absolute atomic E-state index is 0.165. The van der Waals surface area contributed by atoms with Gasteiger partial charge in [-0.1, -0.05) is 29.5 Å². The maximum absolute atomic E-state index is 12.6. The maximum atomic E-state index is 12.6. The van der Waals surface area contributed by atoms with Crippen LogP contribution < -0.4 is 10.3 Å². The number of hydrogen-bond donors (Lipinski definition) is 1. The van der Waals surface area contributed by atoms with Gasteiger partial charge in [0.25, 0.3) is 5.91 Å². The van der Waals surface area contributed by atoms with Gasteiger partial charge in [0.05, 0.1) is 12.3 Å². The number of amides is 1. The van der Waals surface area contributed by atoms with Crippen LogP contribution in [0, 0.1) is 0 Å². The van der Waals surface area contributed by atoms with Gasteiger partial charge in [0, 0.05) is 6.42 Å². The van der Waals surface area contributed by atoms with Gasteiger partial charge in [0.15, 0.2) is 0 Å². The van der Waals surface area contributed by atoms with Crippen molar-refractivity contribution in [3.05, 3.63) is 35.8 Å². The van der Waals surface area contributed by atoms with Crippen molar-refractivity contribution in [1.82, 2.24) is 10.2 Å². The van der Waals surface area contributed by atoms with Crippen LogP contribution in [0.5, 0.6) is 0 Å². The molecular formula is C15H15N5O3S. The normalized spacial score (nSPS) is 16.6. The van der Waals surface area contributed by atoms with E-state index in [0.29, 0.717) is 10.8 Å². The summed E-state index contributed by atoms with van der Waals surface area (Å²) in [6.07, 6.45) is 0.165. The number of rotatable bonds is 5. The number of carbonyl (C=O) groups excluding carboxylic acids is 2. The van der Waals surface area contributed by atoms with Gasteiger partial charge in [-0.05, 0) is 19.1 Å². The number of anilines is 2. The van der Waals surface area contributed by atoms with E-state index in [4.69, 9.17) is 4.74 Å². The first-order valence-corrected chi connectivity index (χ1v) is 8.23. The molecule has 1 aliphatic heterocycles. The van der Waals surface area contributed by atoms with Crippen LogP contribution >= 0.6 is 11.3 Å². The van der Waals surface area contributed by atoms with E-state index in [1.807, 2.05) is 30.3 Å². The molecule has 0 aliphatic carbocycles. The lowest BCUT2D eigenvalue weighted by molar-refractivity contribution is -0.135. The van der Waals surface area contributed by atoms with Gasteiger partial charge in [-0.15, -0.1) is 10.2 Å². The Kier molecular flexibility index (Phi) is 4.80. The standard InChI is InChI=1S/C15H15N5O3S/c1-2-23-14(22)11-8-12(13(21)17-15-18-16-9-24-15)20(19-11)10-6-4-3-5-7-10/h3-7,9,12H,2,8H2,1H3,(H,17,18,21)/t12-/m1/s1. The van der Waals surface area contributed by atoms with E-state index in [-0.39, 0.29) is 24.6 Å². The zero-order valence-corrected chi connectivity index (χ0v) is 13.7. The van der Waals surface area contributed by atoms with Gasteiger partial charge in [0.1, 0.15) is 17.3 Å². The second-order valence-corrected chi connectivity index (χ2v) is 5.73. The number of nitrogens with one attached hydrogen (secondary N) is 1. The van der Waals surface area contributed by atoms with Crippen LogP contribution in [0.4, 0.5) is 10.8 Å². The molecule has 0 spiro atoms. The molecule has 124 valence electrons. The molecule has 1 aromatic heterocycles. The number of hydrogen-bond acceptors (Lipinski definition) is 8. The smallest absolute Gasteiger partial charge is 0.354 e. The summed E-state index contributed by atoms with van der Waals surface area (Å²) >= 11 is 1.22. The Morgan fingerprint density at radius 2 is 2.17 bits per heavy atom. The highest BCUT2D eigenvalue weighted by atomic mass is 32.1. The minimum atomic E-state index is -0.657. The molecule has 0 saturated carbocycles. The largest absolute Gasteiger partial charge is 0.461 e. The molecule has 24 heavy (non-hydrogen) atoms. The number of carbonyl (C=O) groups is 2. The summed E-state index contributed by atoms with van der Waals surface area (Å²) in [7, 11) is 0. The summed E-state index contributed by atoms with van der Waals surface area (Å²) < 4.78 is 5.00.